The second-order valence-electron chi connectivity index (χ2n) is 10.4. The zero-order chi connectivity index (χ0) is 32.2. The van der Waals surface area contributed by atoms with Crippen molar-refractivity contribution in [3.63, 3.8) is 0 Å². The first-order valence-corrected chi connectivity index (χ1v) is 16.7. The molecule has 1 N–H and O–H groups in total. The Morgan fingerprint density at radius 1 is 0.822 bits per heavy atom. The molecular formula is C35H38ClN3O5S. The lowest BCUT2D eigenvalue weighted by molar-refractivity contribution is -0.140. The van der Waals surface area contributed by atoms with Crippen molar-refractivity contribution in [3.05, 3.63) is 125 Å². The van der Waals surface area contributed by atoms with Gasteiger partial charge < -0.3 is 15.0 Å². The van der Waals surface area contributed by atoms with Crippen LogP contribution in [0.3, 0.4) is 0 Å². The summed E-state index contributed by atoms with van der Waals surface area (Å²) in [6.45, 7) is 4.26. The van der Waals surface area contributed by atoms with Gasteiger partial charge >= 0.3 is 0 Å². The van der Waals surface area contributed by atoms with E-state index in [0.717, 1.165) is 21.9 Å². The van der Waals surface area contributed by atoms with Gasteiger partial charge in [-0.1, -0.05) is 79.2 Å². The third kappa shape index (κ3) is 9.09. The zero-order valence-corrected chi connectivity index (χ0v) is 27.0. The monoisotopic (exact) mass is 647 g/mol. The lowest BCUT2D eigenvalue weighted by Crippen LogP contribution is -2.53. The van der Waals surface area contributed by atoms with E-state index in [0.29, 0.717) is 23.9 Å². The molecule has 236 valence electrons. The molecule has 0 aliphatic heterocycles. The molecule has 8 nitrogen and oxygen atoms in total. The van der Waals surface area contributed by atoms with E-state index in [2.05, 4.69) is 5.32 Å². The van der Waals surface area contributed by atoms with Crippen LogP contribution in [0, 0.1) is 0 Å². The number of sulfonamides is 1. The molecule has 0 saturated heterocycles. The Bertz CT molecular complexity index is 1630. The number of ether oxygens (including phenoxy) is 1. The van der Waals surface area contributed by atoms with Crippen LogP contribution in [0.15, 0.2) is 114 Å². The summed E-state index contributed by atoms with van der Waals surface area (Å²) >= 11 is 6.05. The lowest BCUT2D eigenvalue weighted by Gasteiger charge is -2.34. The molecule has 4 aromatic rings. The predicted octanol–water partition coefficient (Wildman–Crippen LogP) is 6.10. The minimum Gasteiger partial charge on any atom is -0.494 e. The summed E-state index contributed by atoms with van der Waals surface area (Å²) in [6, 6.07) is 30.2. The molecule has 0 spiro atoms. The Kier molecular flexibility index (Phi) is 12.0. The van der Waals surface area contributed by atoms with E-state index < -0.39 is 28.5 Å². The number of hydrogen-bond acceptors (Lipinski definition) is 5. The Labute approximate surface area is 270 Å². The highest BCUT2D eigenvalue weighted by Crippen LogP contribution is 2.27. The summed E-state index contributed by atoms with van der Waals surface area (Å²) in [5, 5.41) is 3.33. The van der Waals surface area contributed by atoms with Crippen molar-refractivity contribution >= 4 is 39.1 Å². The topological polar surface area (TPSA) is 96.0 Å². The second-order valence-corrected chi connectivity index (χ2v) is 12.7. The van der Waals surface area contributed by atoms with Crippen molar-refractivity contribution in [1.29, 1.82) is 0 Å². The molecule has 0 aliphatic carbocycles. The van der Waals surface area contributed by atoms with Crippen LogP contribution in [-0.2, 0) is 32.6 Å². The normalized spacial score (nSPS) is 11.8. The SMILES string of the molecule is CCCNC(=O)C(Cc1ccccc1)N(Cc1ccccc1)C(=O)CN(c1ccc(OCC)cc1)S(=O)(=O)c1ccc(Cl)cc1. The van der Waals surface area contributed by atoms with Crippen molar-refractivity contribution in [2.75, 3.05) is 24.0 Å². The van der Waals surface area contributed by atoms with Crippen molar-refractivity contribution in [3.8, 4) is 5.75 Å². The van der Waals surface area contributed by atoms with Gasteiger partial charge in [-0.15, -0.1) is 0 Å². The number of hydrogen-bond donors (Lipinski definition) is 1. The second kappa shape index (κ2) is 16.1. The first kappa shape index (κ1) is 33.6. The fourth-order valence-corrected chi connectivity index (χ4v) is 6.38. The number of rotatable bonds is 15. The van der Waals surface area contributed by atoms with Crippen LogP contribution < -0.4 is 14.4 Å². The molecular weight excluding hydrogens is 610 g/mol. The van der Waals surface area contributed by atoms with Gasteiger partial charge in [0.05, 0.1) is 17.2 Å². The highest BCUT2D eigenvalue weighted by molar-refractivity contribution is 7.92. The van der Waals surface area contributed by atoms with Gasteiger partial charge in [0.1, 0.15) is 18.3 Å². The van der Waals surface area contributed by atoms with E-state index in [4.69, 9.17) is 16.3 Å². The van der Waals surface area contributed by atoms with E-state index in [9.17, 15) is 18.0 Å². The molecule has 0 fully saturated rings. The quantitative estimate of drug-likeness (QED) is 0.168. The number of amides is 2. The lowest BCUT2D eigenvalue weighted by atomic mass is 10.0. The molecule has 45 heavy (non-hydrogen) atoms. The fourth-order valence-electron chi connectivity index (χ4n) is 4.84. The molecule has 1 atom stereocenters. The molecule has 4 aromatic carbocycles. The highest BCUT2D eigenvalue weighted by Gasteiger charge is 2.34. The Balaban J connectivity index is 1.78. The van der Waals surface area contributed by atoms with E-state index in [1.54, 1.807) is 24.3 Å². The number of nitrogens with one attached hydrogen (secondary N) is 1. The average Bonchev–Trinajstić information content (AvgIpc) is 3.05. The summed E-state index contributed by atoms with van der Waals surface area (Å²) < 4.78 is 34.8. The van der Waals surface area contributed by atoms with Gasteiger partial charge in [0, 0.05) is 24.5 Å². The van der Waals surface area contributed by atoms with Gasteiger partial charge in [0.15, 0.2) is 0 Å². The minimum absolute atomic E-state index is 0.0234. The molecule has 0 aromatic heterocycles. The summed E-state index contributed by atoms with van der Waals surface area (Å²) in [5.41, 5.74) is 1.95. The molecule has 0 saturated carbocycles. The van der Waals surface area contributed by atoms with Crippen LogP contribution >= 0.6 is 11.6 Å². The number of carbonyl (C=O) groups is 2. The third-order valence-electron chi connectivity index (χ3n) is 7.13. The summed E-state index contributed by atoms with van der Waals surface area (Å²) in [6.07, 6.45) is 0.975. The van der Waals surface area contributed by atoms with E-state index >= 15 is 0 Å². The molecule has 10 heteroatoms. The molecule has 0 radical (unpaired) electrons. The molecule has 0 aliphatic rings. The number of nitrogens with zero attached hydrogens (tertiary/aromatic N) is 2. The summed E-state index contributed by atoms with van der Waals surface area (Å²) in [5.74, 6) is -0.270. The fraction of sp³-hybridized carbons (Fsp3) is 0.257. The first-order valence-electron chi connectivity index (χ1n) is 14.9. The predicted molar refractivity (Wildman–Crippen MR) is 178 cm³/mol. The highest BCUT2D eigenvalue weighted by atomic mass is 35.5. The largest absolute Gasteiger partial charge is 0.494 e. The Morgan fingerprint density at radius 2 is 1.42 bits per heavy atom. The number of anilines is 1. The molecule has 2 amide bonds. The van der Waals surface area contributed by atoms with E-state index in [1.807, 2.05) is 74.5 Å². The maximum absolute atomic E-state index is 14.4. The van der Waals surface area contributed by atoms with Gasteiger partial charge in [-0.05, 0) is 73.0 Å². The van der Waals surface area contributed by atoms with Crippen LogP contribution in [-0.4, -0.2) is 50.9 Å². The van der Waals surface area contributed by atoms with Gasteiger partial charge in [-0.25, -0.2) is 8.42 Å². The molecule has 1 unspecified atom stereocenters. The van der Waals surface area contributed by atoms with Gasteiger partial charge in [-0.2, -0.15) is 0 Å². The zero-order valence-electron chi connectivity index (χ0n) is 25.4. The maximum Gasteiger partial charge on any atom is 0.264 e. The smallest absolute Gasteiger partial charge is 0.264 e. The Hall–Kier alpha value is -4.34. The van der Waals surface area contributed by atoms with Crippen LogP contribution in [0.1, 0.15) is 31.4 Å². The van der Waals surface area contributed by atoms with Crippen molar-refractivity contribution in [2.24, 2.45) is 0 Å². The van der Waals surface area contributed by atoms with Crippen LogP contribution in [0.5, 0.6) is 5.75 Å². The Morgan fingerprint density at radius 3 is 2.00 bits per heavy atom. The number of carbonyl (C=O) groups excluding carboxylic acids is 2. The average molecular weight is 648 g/mol. The molecule has 0 heterocycles. The maximum atomic E-state index is 14.4. The summed E-state index contributed by atoms with van der Waals surface area (Å²) in [7, 11) is -4.23. The molecule has 4 rings (SSSR count). The van der Waals surface area contributed by atoms with Crippen LogP contribution in [0.2, 0.25) is 5.02 Å². The summed E-state index contributed by atoms with van der Waals surface area (Å²) in [4.78, 5) is 29.6. The number of benzene rings is 4. The molecule has 0 bridgehead atoms. The van der Waals surface area contributed by atoms with Crippen LogP contribution in [0.25, 0.3) is 0 Å². The van der Waals surface area contributed by atoms with Crippen LogP contribution in [0.4, 0.5) is 5.69 Å². The van der Waals surface area contributed by atoms with Gasteiger partial charge in [-0.3, -0.25) is 13.9 Å². The van der Waals surface area contributed by atoms with Gasteiger partial charge in [0.25, 0.3) is 10.0 Å². The number of halogens is 1. The van der Waals surface area contributed by atoms with E-state index in [-0.39, 0.29) is 29.5 Å². The van der Waals surface area contributed by atoms with E-state index in [1.165, 1.54) is 29.2 Å². The van der Waals surface area contributed by atoms with Gasteiger partial charge in [0.2, 0.25) is 11.8 Å². The first-order chi connectivity index (χ1) is 21.7. The third-order valence-corrected chi connectivity index (χ3v) is 9.17. The van der Waals surface area contributed by atoms with Crippen molar-refractivity contribution in [1.82, 2.24) is 10.2 Å². The van der Waals surface area contributed by atoms with Crippen molar-refractivity contribution < 1.29 is 22.7 Å². The minimum atomic E-state index is -4.23. The van der Waals surface area contributed by atoms with Crippen molar-refractivity contribution in [2.45, 2.75) is 44.2 Å². The standard InChI is InChI=1S/C35H38ClN3O5S/c1-3-23-37-35(41)33(24-27-11-7-5-8-12-27)38(25-28-13-9-6-10-14-28)34(40)26-39(30-17-19-31(20-18-30)44-4-2)45(42,43)32-21-15-29(36)16-22-32/h5-22,33H,3-4,23-26H2,1-2H3,(H,37,41).